The molecule has 1 N–H and O–H groups in total. The fourth-order valence-corrected chi connectivity index (χ4v) is 2.44. The minimum Gasteiger partial charge on any atom is -0.507 e. The molecule has 0 radical (unpaired) electrons. The summed E-state index contributed by atoms with van der Waals surface area (Å²) in [5.74, 6) is 0.244. The maximum absolute atomic E-state index is 12.4. The molecule has 0 saturated heterocycles. The normalized spacial score (nSPS) is 10.4. The van der Waals surface area contributed by atoms with Crippen molar-refractivity contribution in [1.82, 2.24) is 0 Å². The first-order valence-corrected chi connectivity index (χ1v) is 7.15. The van der Waals surface area contributed by atoms with Crippen molar-refractivity contribution in [2.24, 2.45) is 0 Å². The van der Waals surface area contributed by atoms with E-state index in [4.69, 9.17) is 0 Å². The van der Waals surface area contributed by atoms with Crippen LogP contribution in [-0.2, 0) is 0 Å². The number of aromatic hydroxyl groups is 1. The second-order valence-corrected chi connectivity index (χ2v) is 5.29. The number of ketones is 1. The fraction of sp³-hybridized carbons (Fsp3) is 0.0500. The number of benzene rings is 3. The molecule has 0 aromatic heterocycles. The molecule has 0 aliphatic rings. The first kappa shape index (κ1) is 14.1. The van der Waals surface area contributed by atoms with Crippen LogP contribution in [0.1, 0.15) is 21.5 Å². The highest BCUT2D eigenvalue weighted by Crippen LogP contribution is 2.30. The zero-order chi connectivity index (χ0) is 15.5. The number of rotatable bonds is 3. The molecule has 0 saturated carbocycles. The van der Waals surface area contributed by atoms with Crippen LogP contribution in [-0.4, -0.2) is 10.9 Å². The zero-order valence-corrected chi connectivity index (χ0v) is 12.3. The molecule has 0 atom stereocenters. The molecule has 0 fully saturated rings. The van der Waals surface area contributed by atoms with Crippen LogP contribution < -0.4 is 0 Å². The van der Waals surface area contributed by atoms with Gasteiger partial charge in [-0.3, -0.25) is 4.79 Å². The van der Waals surface area contributed by atoms with Gasteiger partial charge in [0.2, 0.25) is 0 Å². The van der Waals surface area contributed by atoms with Crippen LogP contribution in [0, 0.1) is 6.92 Å². The van der Waals surface area contributed by atoms with E-state index in [2.05, 4.69) is 0 Å². The summed E-state index contributed by atoms with van der Waals surface area (Å²) in [6.45, 7) is 1.98. The highest BCUT2D eigenvalue weighted by molar-refractivity contribution is 6.09. The van der Waals surface area contributed by atoms with Crippen molar-refractivity contribution in [2.45, 2.75) is 6.92 Å². The highest BCUT2D eigenvalue weighted by Gasteiger charge is 2.10. The van der Waals surface area contributed by atoms with Gasteiger partial charge in [0, 0.05) is 16.7 Å². The van der Waals surface area contributed by atoms with E-state index >= 15 is 0 Å². The summed E-state index contributed by atoms with van der Waals surface area (Å²) in [6.07, 6.45) is 0. The Hall–Kier alpha value is -2.87. The summed E-state index contributed by atoms with van der Waals surface area (Å²) in [5, 5.41) is 9.98. The van der Waals surface area contributed by atoms with Gasteiger partial charge in [0.15, 0.2) is 5.78 Å². The topological polar surface area (TPSA) is 37.3 Å². The standard InChI is InChI=1S/C20H16O2/c1-14-7-12-19(21)18(13-14)15-8-10-17(11-9-15)20(22)16-5-3-2-4-6-16/h2-13,21H,1H3. The highest BCUT2D eigenvalue weighted by atomic mass is 16.3. The second kappa shape index (κ2) is 5.86. The molecule has 108 valence electrons. The van der Waals surface area contributed by atoms with Gasteiger partial charge < -0.3 is 5.11 Å². The van der Waals surface area contributed by atoms with E-state index in [1.54, 1.807) is 18.2 Å². The molecule has 2 heteroatoms. The third kappa shape index (κ3) is 2.77. The average molecular weight is 288 g/mol. The smallest absolute Gasteiger partial charge is 0.193 e. The van der Waals surface area contributed by atoms with E-state index in [0.717, 1.165) is 16.7 Å². The molecular formula is C20H16O2. The molecule has 0 heterocycles. The van der Waals surface area contributed by atoms with Crippen LogP contribution in [0.25, 0.3) is 11.1 Å². The summed E-state index contributed by atoms with van der Waals surface area (Å²) >= 11 is 0. The number of hydrogen-bond acceptors (Lipinski definition) is 2. The van der Waals surface area contributed by atoms with Crippen molar-refractivity contribution >= 4 is 5.78 Å². The zero-order valence-electron chi connectivity index (χ0n) is 12.3. The molecule has 0 aliphatic carbocycles. The van der Waals surface area contributed by atoms with Gasteiger partial charge in [0.05, 0.1) is 0 Å². The lowest BCUT2D eigenvalue weighted by molar-refractivity contribution is 0.103. The van der Waals surface area contributed by atoms with E-state index in [1.165, 1.54) is 0 Å². The molecule has 0 amide bonds. The lowest BCUT2D eigenvalue weighted by Gasteiger charge is -2.07. The van der Waals surface area contributed by atoms with Gasteiger partial charge in [-0.1, -0.05) is 66.2 Å². The van der Waals surface area contributed by atoms with Crippen LogP contribution >= 0.6 is 0 Å². The summed E-state index contributed by atoms with van der Waals surface area (Å²) in [6, 6.07) is 22.0. The number of carbonyl (C=O) groups excluding carboxylic acids is 1. The van der Waals surface area contributed by atoms with Gasteiger partial charge in [-0.15, -0.1) is 0 Å². The monoisotopic (exact) mass is 288 g/mol. The maximum atomic E-state index is 12.4. The van der Waals surface area contributed by atoms with Gasteiger partial charge in [-0.2, -0.15) is 0 Å². The SMILES string of the molecule is Cc1ccc(O)c(-c2ccc(C(=O)c3ccccc3)cc2)c1. The lowest BCUT2D eigenvalue weighted by Crippen LogP contribution is -2.00. The molecule has 0 unspecified atom stereocenters. The quantitative estimate of drug-likeness (QED) is 0.715. The molecule has 3 rings (SSSR count). The second-order valence-electron chi connectivity index (χ2n) is 5.29. The maximum Gasteiger partial charge on any atom is 0.193 e. The van der Waals surface area contributed by atoms with Crippen LogP contribution in [0.15, 0.2) is 72.8 Å². The van der Waals surface area contributed by atoms with Crippen LogP contribution in [0.3, 0.4) is 0 Å². The third-order valence-corrected chi connectivity index (χ3v) is 3.65. The third-order valence-electron chi connectivity index (χ3n) is 3.65. The Balaban J connectivity index is 1.93. The van der Waals surface area contributed by atoms with Gasteiger partial charge in [0.1, 0.15) is 5.75 Å². The van der Waals surface area contributed by atoms with Crippen molar-refractivity contribution in [2.75, 3.05) is 0 Å². The Morgan fingerprint density at radius 3 is 2.14 bits per heavy atom. The predicted molar refractivity (Wildman–Crippen MR) is 88.2 cm³/mol. The van der Waals surface area contributed by atoms with Crippen molar-refractivity contribution in [3.8, 4) is 16.9 Å². The molecule has 0 aliphatic heterocycles. The van der Waals surface area contributed by atoms with Crippen LogP contribution in [0.2, 0.25) is 0 Å². The van der Waals surface area contributed by atoms with Gasteiger partial charge >= 0.3 is 0 Å². The summed E-state index contributed by atoms with van der Waals surface area (Å²) in [7, 11) is 0. The minimum absolute atomic E-state index is 0.000569. The lowest BCUT2D eigenvalue weighted by atomic mass is 9.98. The first-order valence-electron chi connectivity index (χ1n) is 7.15. The Bertz CT molecular complexity index is 803. The van der Waals surface area contributed by atoms with Gasteiger partial charge in [0.25, 0.3) is 0 Å². The Morgan fingerprint density at radius 2 is 1.45 bits per heavy atom. The van der Waals surface area contributed by atoms with Crippen LogP contribution in [0.4, 0.5) is 0 Å². The van der Waals surface area contributed by atoms with Crippen molar-refractivity contribution < 1.29 is 9.90 Å². The summed E-state index contributed by atoms with van der Waals surface area (Å²) in [4.78, 5) is 12.4. The molecule has 0 spiro atoms. The Labute approximate surface area is 129 Å². The van der Waals surface area contributed by atoms with E-state index < -0.39 is 0 Å². The number of hydrogen-bond donors (Lipinski definition) is 1. The fourth-order valence-electron chi connectivity index (χ4n) is 2.44. The molecular weight excluding hydrogens is 272 g/mol. The average Bonchev–Trinajstić information content (AvgIpc) is 2.57. The number of aryl methyl sites for hydroxylation is 1. The summed E-state index contributed by atoms with van der Waals surface area (Å²) in [5.41, 5.74) is 4.07. The number of phenols is 1. The van der Waals surface area contributed by atoms with Gasteiger partial charge in [-0.25, -0.2) is 0 Å². The van der Waals surface area contributed by atoms with E-state index in [9.17, 15) is 9.90 Å². The molecule has 3 aromatic carbocycles. The predicted octanol–water partition coefficient (Wildman–Crippen LogP) is 4.60. The van der Waals surface area contributed by atoms with Gasteiger partial charge in [-0.05, 0) is 24.6 Å². The molecule has 2 nitrogen and oxygen atoms in total. The van der Waals surface area contributed by atoms with E-state index in [-0.39, 0.29) is 11.5 Å². The van der Waals surface area contributed by atoms with Crippen molar-refractivity contribution in [1.29, 1.82) is 0 Å². The number of carbonyl (C=O) groups is 1. The van der Waals surface area contributed by atoms with E-state index in [1.807, 2.05) is 61.5 Å². The molecule has 3 aromatic rings. The Morgan fingerprint density at radius 1 is 0.818 bits per heavy atom. The largest absolute Gasteiger partial charge is 0.507 e. The van der Waals surface area contributed by atoms with Crippen molar-refractivity contribution in [3.63, 3.8) is 0 Å². The first-order chi connectivity index (χ1) is 10.6. The Kier molecular flexibility index (Phi) is 3.75. The minimum atomic E-state index is 0.000569. The van der Waals surface area contributed by atoms with Crippen molar-refractivity contribution in [3.05, 3.63) is 89.5 Å². The number of phenolic OH excluding ortho intramolecular Hbond substituents is 1. The van der Waals surface area contributed by atoms with Crippen LogP contribution in [0.5, 0.6) is 5.75 Å². The molecule has 0 bridgehead atoms. The molecule has 22 heavy (non-hydrogen) atoms. The summed E-state index contributed by atoms with van der Waals surface area (Å²) < 4.78 is 0. The van der Waals surface area contributed by atoms with E-state index in [0.29, 0.717) is 11.1 Å².